The lowest BCUT2D eigenvalue weighted by Crippen LogP contribution is -2.52. The Bertz CT molecular complexity index is 214. The number of nitrogens with two attached hydrogens (primary N) is 1. The molecule has 1 atom stereocenters. The molecule has 0 aliphatic heterocycles. The fourth-order valence-electron chi connectivity index (χ4n) is 1.16. The summed E-state index contributed by atoms with van der Waals surface area (Å²) < 4.78 is 5.32. The first-order valence-corrected chi connectivity index (χ1v) is 5.19. The zero-order valence-corrected chi connectivity index (χ0v) is 10.7. The van der Waals surface area contributed by atoms with Gasteiger partial charge in [-0.15, -0.1) is 0 Å². The van der Waals surface area contributed by atoms with Crippen LogP contribution in [0.4, 0.5) is 0 Å². The molecule has 0 heterocycles. The summed E-state index contributed by atoms with van der Waals surface area (Å²) in [5.74, 6) is -0.159. The maximum atomic E-state index is 11.5. The molecular formula is C11H24N2O2. The Balaban J connectivity index is 4.20. The van der Waals surface area contributed by atoms with E-state index in [4.69, 9.17) is 10.5 Å². The molecule has 0 saturated heterocycles. The van der Waals surface area contributed by atoms with E-state index in [-0.39, 0.29) is 17.4 Å². The van der Waals surface area contributed by atoms with Gasteiger partial charge in [0.2, 0.25) is 5.91 Å². The molecular weight excluding hydrogens is 192 g/mol. The fourth-order valence-corrected chi connectivity index (χ4v) is 1.16. The Hall–Kier alpha value is -0.610. The second-order valence-electron chi connectivity index (χ2n) is 5.52. The zero-order valence-electron chi connectivity index (χ0n) is 10.7. The number of hydrogen-bond donors (Lipinski definition) is 2. The highest BCUT2D eigenvalue weighted by atomic mass is 16.5. The molecule has 0 fully saturated rings. The minimum absolute atomic E-state index is 0.000765. The molecule has 0 aliphatic carbocycles. The molecule has 0 aromatic carbocycles. The Morgan fingerprint density at radius 3 is 2.07 bits per heavy atom. The van der Waals surface area contributed by atoms with Crippen molar-refractivity contribution < 1.29 is 9.53 Å². The summed E-state index contributed by atoms with van der Waals surface area (Å²) >= 11 is 0. The summed E-state index contributed by atoms with van der Waals surface area (Å²) in [5.41, 5.74) is 4.83. The Morgan fingerprint density at radius 1 is 1.33 bits per heavy atom. The van der Waals surface area contributed by atoms with E-state index < -0.39 is 5.54 Å². The Labute approximate surface area is 92.6 Å². The van der Waals surface area contributed by atoms with Crippen LogP contribution in [0.25, 0.3) is 0 Å². The molecule has 3 N–H and O–H groups in total. The van der Waals surface area contributed by atoms with Crippen molar-refractivity contribution in [2.24, 2.45) is 11.1 Å². The Kier molecular flexibility index (Phi) is 4.74. The molecule has 0 saturated carbocycles. The van der Waals surface area contributed by atoms with Gasteiger partial charge in [-0.2, -0.15) is 0 Å². The highest BCUT2D eigenvalue weighted by Gasteiger charge is 2.27. The number of ether oxygens (including phenoxy) is 1. The van der Waals surface area contributed by atoms with Gasteiger partial charge in [-0.3, -0.25) is 4.79 Å². The van der Waals surface area contributed by atoms with E-state index in [2.05, 4.69) is 26.1 Å². The van der Waals surface area contributed by atoms with Gasteiger partial charge >= 0.3 is 0 Å². The maximum Gasteiger partial charge on any atom is 0.239 e. The van der Waals surface area contributed by atoms with Crippen LogP contribution in [-0.2, 0) is 9.53 Å². The number of amides is 1. The highest BCUT2D eigenvalue weighted by Crippen LogP contribution is 2.21. The number of nitrogens with one attached hydrogen (secondary N) is 1. The molecule has 0 spiro atoms. The number of hydrogen-bond acceptors (Lipinski definition) is 3. The van der Waals surface area contributed by atoms with Gasteiger partial charge in [-0.25, -0.2) is 0 Å². The third-order valence-corrected chi connectivity index (χ3v) is 2.28. The van der Waals surface area contributed by atoms with Gasteiger partial charge in [0.15, 0.2) is 0 Å². The average Bonchev–Trinajstić information content (AvgIpc) is 2.00. The standard InChI is InChI=1S/C11H24N2O2/c1-10(2,3)8(15-6)7-13-9(14)11(4,5)12/h8H,7,12H2,1-6H3,(H,13,14). The van der Waals surface area contributed by atoms with Gasteiger partial charge in [0, 0.05) is 13.7 Å². The zero-order chi connectivity index (χ0) is 12.3. The van der Waals surface area contributed by atoms with Gasteiger partial charge in [0.05, 0.1) is 11.6 Å². The van der Waals surface area contributed by atoms with Crippen LogP contribution in [0.2, 0.25) is 0 Å². The molecule has 15 heavy (non-hydrogen) atoms. The number of carbonyl (C=O) groups is 1. The number of rotatable bonds is 4. The second-order valence-corrected chi connectivity index (χ2v) is 5.52. The number of carbonyl (C=O) groups excluding carboxylic acids is 1. The summed E-state index contributed by atoms with van der Waals surface area (Å²) in [6.45, 7) is 10.1. The predicted octanol–water partition coefficient (Wildman–Crippen LogP) is 0.901. The number of methoxy groups -OCH3 is 1. The smallest absolute Gasteiger partial charge is 0.239 e. The van der Waals surface area contributed by atoms with Crippen LogP contribution >= 0.6 is 0 Å². The van der Waals surface area contributed by atoms with Crippen molar-refractivity contribution in [3.05, 3.63) is 0 Å². The monoisotopic (exact) mass is 216 g/mol. The lowest BCUT2D eigenvalue weighted by atomic mass is 9.89. The summed E-state index contributed by atoms with van der Waals surface area (Å²) in [6, 6.07) is 0. The van der Waals surface area contributed by atoms with E-state index in [0.717, 1.165) is 0 Å². The molecule has 1 amide bonds. The Morgan fingerprint density at radius 2 is 1.80 bits per heavy atom. The van der Waals surface area contributed by atoms with Crippen molar-refractivity contribution >= 4 is 5.91 Å². The van der Waals surface area contributed by atoms with Crippen molar-refractivity contribution in [3.63, 3.8) is 0 Å². The molecule has 4 heteroatoms. The lowest BCUT2D eigenvalue weighted by molar-refractivity contribution is -0.126. The molecule has 0 bridgehead atoms. The van der Waals surface area contributed by atoms with Crippen LogP contribution in [0.3, 0.4) is 0 Å². The fraction of sp³-hybridized carbons (Fsp3) is 0.909. The molecule has 4 nitrogen and oxygen atoms in total. The van der Waals surface area contributed by atoms with Crippen molar-refractivity contribution in [1.29, 1.82) is 0 Å². The van der Waals surface area contributed by atoms with Crippen LogP contribution in [-0.4, -0.2) is 31.2 Å². The van der Waals surface area contributed by atoms with Crippen molar-refractivity contribution in [3.8, 4) is 0 Å². The highest BCUT2D eigenvalue weighted by molar-refractivity contribution is 5.85. The minimum Gasteiger partial charge on any atom is -0.379 e. The molecule has 90 valence electrons. The van der Waals surface area contributed by atoms with E-state index in [1.165, 1.54) is 0 Å². The molecule has 0 radical (unpaired) electrons. The van der Waals surface area contributed by atoms with E-state index in [0.29, 0.717) is 6.54 Å². The van der Waals surface area contributed by atoms with Gasteiger partial charge < -0.3 is 15.8 Å². The topological polar surface area (TPSA) is 64.3 Å². The third-order valence-electron chi connectivity index (χ3n) is 2.28. The second kappa shape index (κ2) is 4.94. The summed E-state index contributed by atoms with van der Waals surface area (Å²) in [7, 11) is 1.65. The van der Waals surface area contributed by atoms with Crippen molar-refractivity contribution in [2.75, 3.05) is 13.7 Å². The van der Waals surface area contributed by atoms with Crippen LogP contribution in [0.5, 0.6) is 0 Å². The van der Waals surface area contributed by atoms with Gasteiger partial charge in [-0.05, 0) is 19.3 Å². The first kappa shape index (κ1) is 14.4. The van der Waals surface area contributed by atoms with Crippen LogP contribution in [0.1, 0.15) is 34.6 Å². The summed E-state index contributed by atoms with van der Waals surface area (Å²) in [6.07, 6.45) is -0.0104. The average molecular weight is 216 g/mol. The van der Waals surface area contributed by atoms with E-state index in [9.17, 15) is 4.79 Å². The molecule has 0 aromatic rings. The third kappa shape index (κ3) is 5.14. The first-order valence-electron chi connectivity index (χ1n) is 5.19. The van der Waals surface area contributed by atoms with E-state index in [1.54, 1.807) is 21.0 Å². The quantitative estimate of drug-likeness (QED) is 0.734. The SMILES string of the molecule is COC(CNC(=O)C(C)(C)N)C(C)(C)C. The minimum atomic E-state index is -0.837. The van der Waals surface area contributed by atoms with E-state index in [1.807, 2.05) is 0 Å². The molecule has 1 unspecified atom stereocenters. The van der Waals surface area contributed by atoms with Crippen LogP contribution in [0.15, 0.2) is 0 Å². The van der Waals surface area contributed by atoms with E-state index >= 15 is 0 Å². The summed E-state index contributed by atoms with van der Waals surface area (Å²) in [5, 5.41) is 2.79. The van der Waals surface area contributed by atoms with Gasteiger partial charge in [0.25, 0.3) is 0 Å². The molecule has 0 aromatic heterocycles. The first-order chi connectivity index (χ1) is 6.59. The maximum absolute atomic E-state index is 11.5. The van der Waals surface area contributed by atoms with Crippen LogP contribution < -0.4 is 11.1 Å². The van der Waals surface area contributed by atoms with Crippen LogP contribution in [0, 0.1) is 5.41 Å². The normalized spacial score (nSPS) is 14.9. The van der Waals surface area contributed by atoms with Gasteiger partial charge in [0.1, 0.15) is 0 Å². The van der Waals surface area contributed by atoms with Gasteiger partial charge in [-0.1, -0.05) is 20.8 Å². The largest absolute Gasteiger partial charge is 0.379 e. The summed E-state index contributed by atoms with van der Waals surface area (Å²) in [4.78, 5) is 11.5. The predicted molar refractivity (Wildman–Crippen MR) is 61.5 cm³/mol. The van der Waals surface area contributed by atoms with Crippen molar-refractivity contribution in [2.45, 2.75) is 46.3 Å². The molecule has 0 aliphatic rings. The van der Waals surface area contributed by atoms with Crippen molar-refractivity contribution in [1.82, 2.24) is 5.32 Å². The molecule has 0 rings (SSSR count). The lowest BCUT2D eigenvalue weighted by Gasteiger charge is -2.30.